The number of methoxy groups -OCH3 is 2. The van der Waals surface area contributed by atoms with Crippen LogP contribution in [0.25, 0.3) is 22.6 Å². The van der Waals surface area contributed by atoms with Crippen LogP contribution in [-0.4, -0.2) is 28.7 Å². The van der Waals surface area contributed by atoms with Crippen molar-refractivity contribution in [2.24, 2.45) is 0 Å². The highest BCUT2D eigenvalue weighted by Gasteiger charge is 2.23. The molecular weight excluding hydrogens is 506 g/mol. The van der Waals surface area contributed by atoms with Gasteiger partial charge in [0.1, 0.15) is 17.3 Å². The topological polar surface area (TPSA) is 39.5 Å². The van der Waals surface area contributed by atoms with Crippen molar-refractivity contribution in [3.05, 3.63) is 126 Å². The number of aromatic nitrogens is 2. The third kappa shape index (κ3) is 6.87. The third-order valence-corrected chi connectivity index (χ3v) is 7.40. The van der Waals surface area contributed by atoms with Crippen molar-refractivity contribution < 1.29 is 9.47 Å². The number of rotatable bonds is 13. The van der Waals surface area contributed by atoms with E-state index in [1.807, 2.05) is 12.1 Å². The highest BCUT2D eigenvalue weighted by molar-refractivity contribution is 5.68. The molecule has 4 aromatic carbocycles. The lowest BCUT2D eigenvalue weighted by Crippen LogP contribution is -2.25. The first-order valence-corrected chi connectivity index (χ1v) is 14.4. The van der Waals surface area contributed by atoms with Gasteiger partial charge in [-0.05, 0) is 18.1 Å². The number of unbranched alkanes of at least 4 members (excludes halogenated alkanes) is 1. The summed E-state index contributed by atoms with van der Waals surface area (Å²) in [5.41, 5.74) is 6.93. The smallest absolute Gasteiger partial charge is 0.140 e. The maximum Gasteiger partial charge on any atom is 0.140 e. The fourth-order valence-electron chi connectivity index (χ4n) is 5.28. The van der Waals surface area contributed by atoms with Gasteiger partial charge in [-0.3, -0.25) is 4.90 Å². The van der Waals surface area contributed by atoms with E-state index in [4.69, 9.17) is 14.5 Å². The standard InChI is InChI=1S/C36H39N3O2/c1-4-5-23-39-33(35(29-17-11-7-12-18-29)37-36(39)30-19-13-8-14-20-30)27-38(25-28-15-9-6-10-16-28)26-31-21-22-32(40-2)24-34(31)41-3/h6-22,24H,4-5,23,25-27H2,1-3H3. The summed E-state index contributed by atoms with van der Waals surface area (Å²) in [6.07, 6.45) is 2.20. The van der Waals surface area contributed by atoms with Crippen molar-refractivity contribution in [3.8, 4) is 34.1 Å². The zero-order valence-electron chi connectivity index (χ0n) is 24.3. The van der Waals surface area contributed by atoms with Gasteiger partial charge in [-0.2, -0.15) is 0 Å². The van der Waals surface area contributed by atoms with Crippen LogP contribution in [0, 0.1) is 0 Å². The Labute approximate surface area is 244 Å². The van der Waals surface area contributed by atoms with Gasteiger partial charge in [-0.15, -0.1) is 0 Å². The van der Waals surface area contributed by atoms with E-state index in [0.29, 0.717) is 0 Å². The Balaban J connectivity index is 1.62. The molecule has 0 fully saturated rings. The van der Waals surface area contributed by atoms with E-state index in [1.54, 1.807) is 14.2 Å². The summed E-state index contributed by atoms with van der Waals surface area (Å²) in [5, 5.41) is 0. The molecule has 0 amide bonds. The summed E-state index contributed by atoms with van der Waals surface area (Å²) >= 11 is 0. The highest BCUT2D eigenvalue weighted by atomic mass is 16.5. The minimum Gasteiger partial charge on any atom is -0.497 e. The van der Waals surface area contributed by atoms with E-state index in [2.05, 4.69) is 113 Å². The second-order valence-electron chi connectivity index (χ2n) is 10.3. The van der Waals surface area contributed by atoms with Gasteiger partial charge < -0.3 is 14.0 Å². The van der Waals surface area contributed by atoms with Gasteiger partial charge in [0.05, 0.1) is 25.6 Å². The van der Waals surface area contributed by atoms with E-state index in [-0.39, 0.29) is 0 Å². The molecule has 0 spiro atoms. The lowest BCUT2D eigenvalue weighted by atomic mass is 10.1. The first kappa shape index (κ1) is 28.2. The third-order valence-electron chi connectivity index (χ3n) is 7.40. The second-order valence-corrected chi connectivity index (χ2v) is 10.3. The molecule has 210 valence electrons. The Morgan fingerprint density at radius 1 is 0.707 bits per heavy atom. The number of ether oxygens (including phenoxy) is 2. The molecule has 0 unspecified atom stereocenters. The lowest BCUT2D eigenvalue weighted by molar-refractivity contribution is 0.237. The number of imidazole rings is 1. The molecule has 41 heavy (non-hydrogen) atoms. The first-order valence-electron chi connectivity index (χ1n) is 14.4. The first-order chi connectivity index (χ1) is 20.2. The van der Waals surface area contributed by atoms with Crippen molar-refractivity contribution in [1.29, 1.82) is 0 Å². The minimum absolute atomic E-state index is 0.718. The Bertz CT molecular complexity index is 1520. The zero-order chi connectivity index (χ0) is 28.4. The van der Waals surface area contributed by atoms with Crippen molar-refractivity contribution in [2.75, 3.05) is 14.2 Å². The molecule has 1 heterocycles. The molecule has 0 saturated carbocycles. The Morgan fingerprint density at radius 2 is 1.37 bits per heavy atom. The van der Waals surface area contributed by atoms with E-state index < -0.39 is 0 Å². The predicted molar refractivity (Wildman–Crippen MR) is 167 cm³/mol. The van der Waals surface area contributed by atoms with Gasteiger partial charge in [0.25, 0.3) is 0 Å². The zero-order valence-corrected chi connectivity index (χ0v) is 24.3. The van der Waals surface area contributed by atoms with E-state index in [1.165, 1.54) is 11.3 Å². The molecule has 5 heteroatoms. The van der Waals surface area contributed by atoms with Crippen LogP contribution in [-0.2, 0) is 26.2 Å². The van der Waals surface area contributed by atoms with E-state index in [0.717, 1.165) is 78.7 Å². The number of hydrogen-bond acceptors (Lipinski definition) is 4. The number of nitrogens with zero attached hydrogens (tertiary/aromatic N) is 3. The monoisotopic (exact) mass is 545 g/mol. The average Bonchev–Trinajstić information content (AvgIpc) is 3.39. The van der Waals surface area contributed by atoms with Crippen LogP contribution in [0.1, 0.15) is 36.6 Å². The van der Waals surface area contributed by atoms with Crippen molar-refractivity contribution in [1.82, 2.24) is 14.5 Å². The van der Waals surface area contributed by atoms with Gasteiger partial charge in [0.2, 0.25) is 0 Å². The van der Waals surface area contributed by atoms with Crippen LogP contribution in [0.5, 0.6) is 11.5 Å². The number of hydrogen-bond donors (Lipinski definition) is 0. The summed E-state index contributed by atoms with van der Waals surface area (Å²) in [5.74, 6) is 2.64. The van der Waals surface area contributed by atoms with E-state index >= 15 is 0 Å². The van der Waals surface area contributed by atoms with Gasteiger partial charge in [0.15, 0.2) is 0 Å². The van der Waals surface area contributed by atoms with Crippen LogP contribution in [0.3, 0.4) is 0 Å². The molecule has 5 nitrogen and oxygen atoms in total. The molecule has 0 aliphatic heterocycles. The molecule has 0 N–H and O–H groups in total. The van der Waals surface area contributed by atoms with Gasteiger partial charge in [-0.25, -0.2) is 4.98 Å². The Morgan fingerprint density at radius 3 is 2.00 bits per heavy atom. The van der Waals surface area contributed by atoms with Gasteiger partial charge in [-0.1, -0.05) is 110 Å². The fraction of sp³-hybridized carbons (Fsp3) is 0.250. The fourth-order valence-corrected chi connectivity index (χ4v) is 5.28. The van der Waals surface area contributed by atoms with Crippen molar-refractivity contribution in [3.63, 3.8) is 0 Å². The molecule has 0 radical (unpaired) electrons. The summed E-state index contributed by atoms with van der Waals surface area (Å²) in [6.45, 7) is 5.41. The maximum atomic E-state index is 5.80. The van der Waals surface area contributed by atoms with Gasteiger partial charge >= 0.3 is 0 Å². The molecule has 0 aliphatic carbocycles. The lowest BCUT2D eigenvalue weighted by Gasteiger charge is -2.25. The van der Waals surface area contributed by atoms with Crippen molar-refractivity contribution >= 4 is 0 Å². The normalized spacial score (nSPS) is 11.1. The second kappa shape index (κ2) is 13.8. The van der Waals surface area contributed by atoms with Gasteiger partial charge in [0, 0.05) is 48.9 Å². The molecule has 0 aliphatic rings. The minimum atomic E-state index is 0.718. The van der Waals surface area contributed by atoms with E-state index in [9.17, 15) is 0 Å². The van der Waals surface area contributed by atoms with Crippen LogP contribution in [0.4, 0.5) is 0 Å². The average molecular weight is 546 g/mol. The van der Waals surface area contributed by atoms with Crippen molar-refractivity contribution in [2.45, 2.75) is 45.9 Å². The Kier molecular flexibility index (Phi) is 9.50. The molecule has 0 saturated heterocycles. The van der Waals surface area contributed by atoms with Crippen LogP contribution < -0.4 is 9.47 Å². The molecule has 0 bridgehead atoms. The molecular formula is C36H39N3O2. The molecule has 5 rings (SSSR count). The summed E-state index contributed by atoms with van der Waals surface area (Å²) in [7, 11) is 3.41. The van der Waals surface area contributed by atoms with Crippen LogP contribution >= 0.6 is 0 Å². The predicted octanol–water partition coefficient (Wildman–Crippen LogP) is 8.24. The largest absolute Gasteiger partial charge is 0.497 e. The molecule has 5 aromatic rings. The Hall–Kier alpha value is -4.35. The summed E-state index contributed by atoms with van der Waals surface area (Å²) in [4.78, 5) is 7.81. The SMILES string of the molecule is CCCCn1c(-c2ccccc2)nc(-c2ccccc2)c1CN(Cc1ccccc1)Cc1ccc(OC)cc1OC. The molecule has 1 aromatic heterocycles. The highest BCUT2D eigenvalue weighted by Crippen LogP contribution is 2.33. The van der Waals surface area contributed by atoms with Crippen LogP contribution in [0.2, 0.25) is 0 Å². The summed E-state index contributed by atoms with van der Waals surface area (Å²) < 4.78 is 13.7. The summed E-state index contributed by atoms with van der Waals surface area (Å²) in [6, 6.07) is 37.9. The maximum absolute atomic E-state index is 5.80. The van der Waals surface area contributed by atoms with Crippen LogP contribution in [0.15, 0.2) is 109 Å². The quantitative estimate of drug-likeness (QED) is 0.149. The number of benzene rings is 4. The molecule has 0 atom stereocenters.